The summed E-state index contributed by atoms with van der Waals surface area (Å²) in [5, 5.41) is 8.85. The molecule has 0 saturated carbocycles. The summed E-state index contributed by atoms with van der Waals surface area (Å²) >= 11 is 0. The number of aliphatic carboxylic acids is 1. The molecular formula is C15H28N2O6S. The number of ether oxygens (including phenoxy) is 1. The molecule has 1 aliphatic heterocycles. The first kappa shape index (κ1) is 20.9. The number of nitrogens with zero attached hydrogens (tertiary/aromatic N) is 2. The van der Waals surface area contributed by atoms with Gasteiger partial charge in [0.1, 0.15) is 6.54 Å². The van der Waals surface area contributed by atoms with Crippen molar-refractivity contribution in [3.8, 4) is 0 Å². The number of sulfonamides is 1. The molecule has 0 aromatic heterocycles. The minimum absolute atomic E-state index is 0.0161. The lowest BCUT2D eigenvalue weighted by atomic mass is 9.90. The molecule has 0 bridgehead atoms. The van der Waals surface area contributed by atoms with E-state index in [0.717, 1.165) is 17.0 Å². The molecule has 1 saturated heterocycles. The van der Waals surface area contributed by atoms with Gasteiger partial charge in [0.2, 0.25) is 15.9 Å². The van der Waals surface area contributed by atoms with Gasteiger partial charge >= 0.3 is 5.97 Å². The van der Waals surface area contributed by atoms with Crippen molar-refractivity contribution in [2.24, 2.45) is 5.41 Å². The van der Waals surface area contributed by atoms with Gasteiger partial charge in [0, 0.05) is 26.1 Å². The summed E-state index contributed by atoms with van der Waals surface area (Å²) in [5.41, 5.74) is 0.0654. The van der Waals surface area contributed by atoms with Crippen LogP contribution in [0.15, 0.2) is 0 Å². The normalized spacial score (nSPS) is 19.5. The third-order valence-corrected chi connectivity index (χ3v) is 4.98. The SMILES string of the molecule is CC(C)(C)CCC(=O)N1CCOC(CN(CC(=O)O)S(C)(=O)=O)C1. The van der Waals surface area contributed by atoms with Crippen molar-refractivity contribution in [3.05, 3.63) is 0 Å². The number of morpholine rings is 1. The van der Waals surface area contributed by atoms with E-state index in [1.165, 1.54) is 0 Å². The summed E-state index contributed by atoms with van der Waals surface area (Å²) in [7, 11) is -3.66. The van der Waals surface area contributed by atoms with Crippen LogP contribution in [-0.2, 0) is 24.3 Å². The number of carbonyl (C=O) groups excluding carboxylic acids is 1. The standard InChI is InChI=1S/C15H28N2O6S/c1-15(2,3)6-5-13(18)16-7-8-23-12(9-16)10-17(11-14(19)20)24(4,21)22/h12H,5-11H2,1-4H3,(H,19,20). The van der Waals surface area contributed by atoms with Gasteiger partial charge in [0.25, 0.3) is 0 Å². The van der Waals surface area contributed by atoms with Gasteiger partial charge in [0.05, 0.1) is 19.0 Å². The van der Waals surface area contributed by atoms with Crippen LogP contribution in [0.4, 0.5) is 0 Å². The maximum absolute atomic E-state index is 12.3. The van der Waals surface area contributed by atoms with Crippen molar-refractivity contribution in [1.29, 1.82) is 0 Å². The van der Waals surface area contributed by atoms with Crippen LogP contribution in [0.25, 0.3) is 0 Å². The summed E-state index contributed by atoms with van der Waals surface area (Å²) in [6.45, 7) is 6.57. The van der Waals surface area contributed by atoms with Crippen LogP contribution in [0.3, 0.4) is 0 Å². The lowest BCUT2D eigenvalue weighted by Crippen LogP contribution is -2.51. The molecule has 0 spiro atoms. The Balaban J connectivity index is 2.64. The summed E-state index contributed by atoms with van der Waals surface area (Å²) in [6, 6.07) is 0. The molecule has 0 aliphatic carbocycles. The fourth-order valence-electron chi connectivity index (χ4n) is 2.39. The Hall–Kier alpha value is -1.19. The monoisotopic (exact) mass is 364 g/mol. The molecule has 0 aromatic carbocycles. The topological polar surface area (TPSA) is 104 Å². The highest BCUT2D eigenvalue weighted by Gasteiger charge is 2.30. The molecule has 24 heavy (non-hydrogen) atoms. The van der Waals surface area contributed by atoms with Crippen molar-refractivity contribution in [1.82, 2.24) is 9.21 Å². The molecule has 1 rings (SSSR count). The van der Waals surface area contributed by atoms with Crippen molar-refractivity contribution < 1.29 is 27.9 Å². The van der Waals surface area contributed by atoms with Gasteiger partial charge in [-0.25, -0.2) is 8.42 Å². The highest BCUT2D eigenvalue weighted by atomic mass is 32.2. The largest absolute Gasteiger partial charge is 0.480 e. The predicted molar refractivity (Wildman–Crippen MR) is 89.1 cm³/mol. The van der Waals surface area contributed by atoms with Crippen LogP contribution in [0, 0.1) is 5.41 Å². The Kier molecular flexibility index (Phi) is 7.18. The molecule has 9 heteroatoms. The van der Waals surface area contributed by atoms with Crippen LogP contribution in [-0.4, -0.2) is 79.8 Å². The fraction of sp³-hybridized carbons (Fsp3) is 0.867. The zero-order chi connectivity index (χ0) is 18.5. The number of rotatable bonds is 7. The van der Waals surface area contributed by atoms with Crippen LogP contribution >= 0.6 is 0 Å². The smallest absolute Gasteiger partial charge is 0.318 e. The third kappa shape index (κ3) is 7.59. The van der Waals surface area contributed by atoms with Gasteiger partial charge in [-0.05, 0) is 11.8 Å². The van der Waals surface area contributed by atoms with E-state index in [4.69, 9.17) is 9.84 Å². The van der Waals surface area contributed by atoms with Crippen LogP contribution < -0.4 is 0 Å². The van der Waals surface area contributed by atoms with Gasteiger partial charge in [0.15, 0.2) is 0 Å². The van der Waals surface area contributed by atoms with Gasteiger partial charge in [-0.2, -0.15) is 4.31 Å². The molecule has 1 aliphatic rings. The zero-order valence-corrected chi connectivity index (χ0v) is 15.6. The van der Waals surface area contributed by atoms with Crippen molar-refractivity contribution >= 4 is 21.9 Å². The minimum atomic E-state index is -3.66. The Bertz CT molecular complexity index is 555. The van der Waals surface area contributed by atoms with E-state index in [1.54, 1.807) is 4.90 Å². The zero-order valence-electron chi connectivity index (χ0n) is 14.8. The molecule has 8 nitrogen and oxygen atoms in total. The first-order valence-corrected chi connectivity index (χ1v) is 9.79. The lowest BCUT2D eigenvalue weighted by Gasteiger charge is -2.35. The van der Waals surface area contributed by atoms with Gasteiger partial charge in [-0.1, -0.05) is 20.8 Å². The highest BCUT2D eigenvalue weighted by molar-refractivity contribution is 7.88. The summed E-state index contributed by atoms with van der Waals surface area (Å²) in [4.78, 5) is 24.8. The second kappa shape index (κ2) is 8.26. The van der Waals surface area contributed by atoms with E-state index in [-0.39, 0.29) is 24.4 Å². The summed E-state index contributed by atoms with van der Waals surface area (Å²) in [5.74, 6) is -1.21. The maximum atomic E-state index is 12.3. The molecule has 0 radical (unpaired) electrons. The van der Waals surface area contributed by atoms with E-state index in [9.17, 15) is 18.0 Å². The molecule has 1 fully saturated rings. The highest BCUT2D eigenvalue weighted by Crippen LogP contribution is 2.21. The van der Waals surface area contributed by atoms with E-state index in [2.05, 4.69) is 20.8 Å². The first-order valence-electron chi connectivity index (χ1n) is 7.95. The number of hydrogen-bond donors (Lipinski definition) is 1. The number of carboxylic acids is 1. The molecule has 1 amide bonds. The number of carbonyl (C=O) groups is 2. The lowest BCUT2D eigenvalue weighted by molar-refractivity contribution is -0.141. The average Bonchev–Trinajstić information content (AvgIpc) is 2.42. The van der Waals surface area contributed by atoms with Gasteiger partial charge in [-0.15, -0.1) is 0 Å². The maximum Gasteiger partial charge on any atom is 0.318 e. The molecular weight excluding hydrogens is 336 g/mol. The van der Waals surface area contributed by atoms with E-state index < -0.39 is 28.6 Å². The van der Waals surface area contributed by atoms with E-state index in [0.29, 0.717) is 19.6 Å². The fourth-order valence-corrected chi connectivity index (χ4v) is 3.17. The second-order valence-corrected chi connectivity index (χ2v) is 9.32. The number of carboxylic acid groups (broad SMARTS) is 1. The van der Waals surface area contributed by atoms with E-state index >= 15 is 0 Å². The van der Waals surface area contributed by atoms with Gasteiger partial charge < -0.3 is 14.7 Å². The third-order valence-electron chi connectivity index (χ3n) is 3.77. The molecule has 0 aromatic rings. The molecule has 140 valence electrons. The minimum Gasteiger partial charge on any atom is -0.480 e. The molecule has 1 heterocycles. The van der Waals surface area contributed by atoms with E-state index in [1.807, 2.05) is 0 Å². The number of amides is 1. The molecule has 1 unspecified atom stereocenters. The van der Waals surface area contributed by atoms with Crippen molar-refractivity contribution in [3.63, 3.8) is 0 Å². The van der Waals surface area contributed by atoms with Crippen LogP contribution in [0.1, 0.15) is 33.6 Å². The molecule has 1 atom stereocenters. The molecule has 1 N–H and O–H groups in total. The van der Waals surface area contributed by atoms with Crippen LogP contribution in [0.5, 0.6) is 0 Å². The predicted octanol–water partition coefficient (Wildman–Crippen LogP) is 0.386. The quantitative estimate of drug-likeness (QED) is 0.701. The van der Waals surface area contributed by atoms with Crippen molar-refractivity contribution in [2.75, 3.05) is 39.0 Å². The Morgan fingerprint density at radius 1 is 1.33 bits per heavy atom. The summed E-state index contributed by atoms with van der Waals surface area (Å²) in [6.07, 6.45) is 1.64. The second-order valence-electron chi connectivity index (χ2n) is 7.34. The van der Waals surface area contributed by atoms with Crippen LogP contribution in [0.2, 0.25) is 0 Å². The Morgan fingerprint density at radius 2 is 1.96 bits per heavy atom. The Labute approximate surface area is 143 Å². The van der Waals surface area contributed by atoms with Crippen molar-refractivity contribution in [2.45, 2.75) is 39.7 Å². The average molecular weight is 364 g/mol. The summed E-state index contributed by atoms with van der Waals surface area (Å²) < 4.78 is 29.8. The Morgan fingerprint density at radius 3 is 2.46 bits per heavy atom. The van der Waals surface area contributed by atoms with Gasteiger partial charge in [-0.3, -0.25) is 9.59 Å². The number of hydrogen-bond acceptors (Lipinski definition) is 5. The first-order chi connectivity index (χ1) is 10.9.